The van der Waals surface area contributed by atoms with Gasteiger partial charge < -0.3 is 19.3 Å². The van der Waals surface area contributed by atoms with Crippen molar-refractivity contribution in [2.24, 2.45) is 0 Å². The lowest BCUT2D eigenvalue weighted by Gasteiger charge is -2.41. The summed E-state index contributed by atoms with van der Waals surface area (Å²) in [7, 11) is 0. The summed E-state index contributed by atoms with van der Waals surface area (Å²) in [6.45, 7) is 6.70. The summed E-state index contributed by atoms with van der Waals surface area (Å²) in [5, 5.41) is 0. The van der Waals surface area contributed by atoms with Gasteiger partial charge in [-0.1, -0.05) is 0 Å². The van der Waals surface area contributed by atoms with Gasteiger partial charge in [0, 0.05) is 38.4 Å². The zero-order valence-corrected chi connectivity index (χ0v) is 17.5. The minimum absolute atomic E-state index is 0.00243. The monoisotopic (exact) mass is 429 g/mol. The second kappa shape index (κ2) is 9.01. The van der Waals surface area contributed by atoms with E-state index >= 15 is 0 Å². The molecule has 30 heavy (non-hydrogen) atoms. The Balaban J connectivity index is 2.24. The number of hydrogen-bond acceptors (Lipinski definition) is 5. The molecule has 0 radical (unpaired) electrons. The van der Waals surface area contributed by atoms with Crippen molar-refractivity contribution in [3.05, 3.63) is 29.6 Å². The predicted molar refractivity (Wildman–Crippen MR) is 102 cm³/mol. The lowest BCUT2D eigenvalue weighted by molar-refractivity contribution is -0.138. The number of carbonyl (C=O) groups excluding carboxylic acids is 3. The minimum Gasteiger partial charge on any atom is -0.444 e. The number of ketones is 1. The molecule has 0 bridgehead atoms. The Morgan fingerprint density at radius 2 is 1.87 bits per heavy atom. The molecule has 0 spiro atoms. The Bertz CT molecular complexity index is 805. The number of ether oxygens (including phenoxy) is 1. The molecule has 2 amide bonds. The van der Waals surface area contributed by atoms with Crippen LogP contribution in [0.1, 0.15) is 56.5 Å². The van der Waals surface area contributed by atoms with Gasteiger partial charge in [0.2, 0.25) is 0 Å². The van der Waals surface area contributed by atoms with Gasteiger partial charge in [-0.2, -0.15) is 13.2 Å². The average molecular weight is 429 g/mol. The van der Waals surface area contributed by atoms with Gasteiger partial charge in [0.25, 0.3) is 5.91 Å². The van der Waals surface area contributed by atoms with E-state index in [-0.39, 0.29) is 38.3 Å². The second-order valence-corrected chi connectivity index (χ2v) is 8.24. The molecule has 1 aliphatic rings. The number of alkyl halides is 3. The summed E-state index contributed by atoms with van der Waals surface area (Å²) in [5.41, 5.74) is -2.33. The Morgan fingerprint density at radius 1 is 1.20 bits per heavy atom. The first kappa shape index (κ1) is 23.6. The highest BCUT2D eigenvalue weighted by Gasteiger charge is 2.39. The highest BCUT2D eigenvalue weighted by Crippen LogP contribution is 2.32. The molecular weight excluding hydrogens is 403 g/mol. The summed E-state index contributed by atoms with van der Waals surface area (Å²) in [4.78, 5) is 43.2. The van der Waals surface area contributed by atoms with Crippen molar-refractivity contribution in [1.82, 2.24) is 14.8 Å². The third-order valence-electron chi connectivity index (χ3n) is 4.58. The summed E-state index contributed by atoms with van der Waals surface area (Å²) < 4.78 is 45.2. The zero-order valence-electron chi connectivity index (χ0n) is 17.5. The van der Waals surface area contributed by atoms with Gasteiger partial charge in [0.1, 0.15) is 11.4 Å². The first-order valence-electron chi connectivity index (χ1n) is 9.59. The minimum atomic E-state index is -4.69. The molecule has 166 valence electrons. The van der Waals surface area contributed by atoms with Gasteiger partial charge in [-0.3, -0.25) is 9.78 Å². The van der Waals surface area contributed by atoms with Crippen LogP contribution in [-0.2, 0) is 15.7 Å². The number of carbonyl (C=O) groups is 3. The molecule has 1 saturated heterocycles. The number of piperazine rings is 1. The van der Waals surface area contributed by atoms with Crippen molar-refractivity contribution in [2.45, 2.75) is 58.4 Å². The van der Waals surface area contributed by atoms with Crippen molar-refractivity contribution >= 4 is 17.8 Å². The van der Waals surface area contributed by atoms with E-state index < -0.39 is 40.9 Å². The van der Waals surface area contributed by atoms with Gasteiger partial charge >= 0.3 is 12.3 Å². The molecule has 0 aromatic carbocycles. The smallest absolute Gasteiger partial charge is 0.417 e. The highest BCUT2D eigenvalue weighted by molar-refractivity contribution is 5.95. The zero-order chi connectivity index (χ0) is 22.7. The van der Waals surface area contributed by atoms with Gasteiger partial charge in [0.05, 0.1) is 17.2 Å². The number of nitrogens with zero attached hydrogens (tertiary/aromatic N) is 3. The first-order chi connectivity index (χ1) is 13.8. The number of rotatable bonds is 4. The second-order valence-electron chi connectivity index (χ2n) is 8.24. The fourth-order valence-corrected chi connectivity index (χ4v) is 3.20. The fourth-order valence-electron chi connectivity index (χ4n) is 3.20. The van der Waals surface area contributed by atoms with Crippen molar-refractivity contribution in [1.29, 1.82) is 0 Å². The topological polar surface area (TPSA) is 79.8 Å². The van der Waals surface area contributed by atoms with Crippen LogP contribution in [0.5, 0.6) is 0 Å². The van der Waals surface area contributed by atoms with Crippen LogP contribution in [0.3, 0.4) is 0 Å². The van der Waals surface area contributed by atoms with Gasteiger partial charge in [-0.25, -0.2) is 4.79 Å². The molecule has 1 fully saturated rings. The molecule has 1 aliphatic heterocycles. The highest BCUT2D eigenvalue weighted by atomic mass is 19.4. The molecule has 2 heterocycles. The molecule has 0 saturated carbocycles. The number of hydrogen-bond donors (Lipinski definition) is 0. The van der Waals surface area contributed by atoms with Crippen LogP contribution in [0.25, 0.3) is 0 Å². The summed E-state index contributed by atoms with van der Waals surface area (Å²) in [5.74, 6) is -0.902. The molecule has 0 aliphatic carbocycles. The number of Topliss-reactive ketones (excluding diaryl/α,β-unsaturated/α-hetero) is 1. The van der Waals surface area contributed by atoms with E-state index in [4.69, 9.17) is 4.74 Å². The number of pyridine rings is 1. The predicted octanol–water partition coefficient (Wildman–Crippen LogP) is 3.53. The van der Waals surface area contributed by atoms with E-state index in [1.807, 2.05) is 0 Å². The standard InChI is InChI=1S/C20H26F3N3O4/c1-13(27)5-6-14-12-25(9-10-26(14)18(29)30-19(2,3)4)17(28)15-11-24-8-7-16(15)20(21,22)23/h7-8,11,14H,5-6,9-10,12H2,1-4H3. The Kier molecular flexibility index (Phi) is 7.10. The maximum atomic E-state index is 13.3. The van der Waals surface area contributed by atoms with Crippen LogP contribution in [0.2, 0.25) is 0 Å². The third-order valence-corrected chi connectivity index (χ3v) is 4.58. The maximum absolute atomic E-state index is 13.3. The normalized spacial score (nSPS) is 17.6. The first-order valence-corrected chi connectivity index (χ1v) is 9.59. The van der Waals surface area contributed by atoms with Crippen LogP contribution in [0.4, 0.5) is 18.0 Å². The van der Waals surface area contributed by atoms with Crippen LogP contribution in [-0.4, -0.2) is 63.8 Å². The number of amides is 2. The number of halogens is 3. The molecule has 0 N–H and O–H groups in total. The van der Waals surface area contributed by atoms with E-state index in [1.165, 1.54) is 16.7 Å². The molecule has 1 unspecified atom stereocenters. The van der Waals surface area contributed by atoms with E-state index in [9.17, 15) is 27.6 Å². The van der Waals surface area contributed by atoms with Crippen LogP contribution >= 0.6 is 0 Å². The Labute approximate surface area is 173 Å². The van der Waals surface area contributed by atoms with Crippen molar-refractivity contribution in [2.75, 3.05) is 19.6 Å². The molecule has 2 rings (SSSR count). The van der Waals surface area contributed by atoms with Crippen molar-refractivity contribution in [3.63, 3.8) is 0 Å². The van der Waals surface area contributed by atoms with Gasteiger partial charge in [-0.15, -0.1) is 0 Å². The Hall–Kier alpha value is -2.65. The molecule has 10 heteroatoms. The van der Waals surface area contributed by atoms with E-state index in [1.54, 1.807) is 20.8 Å². The average Bonchev–Trinajstić information content (AvgIpc) is 2.63. The van der Waals surface area contributed by atoms with Crippen LogP contribution < -0.4 is 0 Å². The van der Waals surface area contributed by atoms with Crippen LogP contribution in [0.15, 0.2) is 18.5 Å². The number of aromatic nitrogens is 1. The Morgan fingerprint density at radius 3 is 2.43 bits per heavy atom. The molecule has 1 aromatic rings. The molecule has 7 nitrogen and oxygen atoms in total. The lowest BCUT2D eigenvalue weighted by Crippen LogP contribution is -2.57. The molecular formula is C20H26F3N3O4. The fraction of sp³-hybridized carbons (Fsp3) is 0.600. The third kappa shape index (κ3) is 6.17. The van der Waals surface area contributed by atoms with Crippen LogP contribution in [0, 0.1) is 0 Å². The maximum Gasteiger partial charge on any atom is 0.417 e. The lowest BCUT2D eigenvalue weighted by atomic mass is 10.0. The van der Waals surface area contributed by atoms with E-state index in [0.29, 0.717) is 0 Å². The van der Waals surface area contributed by atoms with E-state index in [2.05, 4.69) is 4.98 Å². The summed E-state index contributed by atoms with van der Waals surface area (Å²) in [6.07, 6.45) is -2.95. The molecule has 1 atom stereocenters. The summed E-state index contributed by atoms with van der Waals surface area (Å²) in [6, 6.07) is 0.213. The summed E-state index contributed by atoms with van der Waals surface area (Å²) >= 11 is 0. The van der Waals surface area contributed by atoms with E-state index in [0.717, 1.165) is 18.5 Å². The van der Waals surface area contributed by atoms with Gasteiger partial charge in [-0.05, 0) is 40.2 Å². The van der Waals surface area contributed by atoms with Crippen molar-refractivity contribution in [3.8, 4) is 0 Å². The van der Waals surface area contributed by atoms with Gasteiger partial charge in [0.15, 0.2) is 0 Å². The van der Waals surface area contributed by atoms with Crippen molar-refractivity contribution < 1.29 is 32.3 Å². The SMILES string of the molecule is CC(=O)CCC1CN(C(=O)c2cnccc2C(F)(F)F)CCN1C(=O)OC(C)(C)C. The quantitative estimate of drug-likeness (QED) is 0.732. The largest absolute Gasteiger partial charge is 0.444 e. The molecule has 1 aromatic heterocycles.